The number of hydrogen-bond donors (Lipinski definition) is 2. The second-order valence-electron chi connectivity index (χ2n) is 7.74. The van der Waals surface area contributed by atoms with Crippen LogP contribution in [0.1, 0.15) is 20.8 Å². The minimum Gasteiger partial charge on any atom is -0.444 e. The SMILES string of the molecule is CC(C)(C)OC(=O)N1CCN(CCN=C(N)Nc2ccccc2OC(F)(F)F)CC1. The summed E-state index contributed by atoms with van der Waals surface area (Å²) in [6.45, 7) is 8.87. The van der Waals surface area contributed by atoms with Crippen molar-refractivity contribution in [3.63, 3.8) is 0 Å². The van der Waals surface area contributed by atoms with Crippen LogP contribution in [0.2, 0.25) is 0 Å². The number of benzene rings is 1. The van der Waals surface area contributed by atoms with Gasteiger partial charge in [-0.05, 0) is 32.9 Å². The summed E-state index contributed by atoms with van der Waals surface area (Å²) in [7, 11) is 0. The van der Waals surface area contributed by atoms with E-state index in [0.717, 1.165) is 0 Å². The standard InChI is InChI=1S/C19H28F3N5O3/c1-18(2,3)30-17(28)27-12-10-26(11-13-27)9-8-24-16(23)25-14-6-4-5-7-15(14)29-19(20,21)22/h4-7H,8-13H2,1-3H3,(H3,23,24,25). The Morgan fingerprint density at radius 3 is 2.40 bits per heavy atom. The van der Waals surface area contributed by atoms with Crippen LogP contribution in [0.5, 0.6) is 5.75 Å². The minimum atomic E-state index is -4.80. The van der Waals surface area contributed by atoms with Gasteiger partial charge in [0, 0.05) is 32.7 Å². The fraction of sp³-hybridized carbons (Fsp3) is 0.579. The van der Waals surface area contributed by atoms with Crippen molar-refractivity contribution in [2.24, 2.45) is 10.7 Å². The Kier molecular flexibility index (Phi) is 7.77. The molecule has 0 unspecified atom stereocenters. The molecule has 1 amide bonds. The van der Waals surface area contributed by atoms with Crippen LogP contribution in [-0.4, -0.2) is 73.1 Å². The predicted molar refractivity (Wildman–Crippen MR) is 107 cm³/mol. The zero-order valence-corrected chi connectivity index (χ0v) is 17.3. The Labute approximate surface area is 173 Å². The van der Waals surface area contributed by atoms with Crippen molar-refractivity contribution in [2.45, 2.75) is 32.7 Å². The predicted octanol–water partition coefficient (Wildman–Crippen LogP) is 2.86. The summed E-state index contributed by atoms with van der Waals surface area (Å²) in [6, 6.07) is 5.59. The van der Waals surface area contributed by atoms with Crippen LogP contribution in [0.4, 0.5) is 23.7 Å². The van der Waals surface area contributed by atoms with Gasteiger partial charge in [-0.2, -0.15) is 0 Å². The summed E-state index contributed by atoms with van der Waals surface area (Å²) in [5.74, 6) is -0.401. The number of alkyl halides is 3. The molecule has 8 nitrogen and oxygen atoms in total. The van der Waals surface area contributed by atoms with Gasteiger partial charge in [-0.3, -0.25) is 9.89 Å². The average Bonchev–Trinajstić information content (AvgIpc) is 2.61. The molecule has 2 rings (SSSR count). The van der Waals surface area contributed by atoms with E-state index in [1.807, 2.05) is 20.8 Å². The van der Waals surface area contributed by atoms with E-state index >= 15 is 0 Å². The molecule has 30 heavy (non-hydrogen) atoms. The van der Waals surface area contributed by atoms with Gasteiger partial charge in [0.1, 0.15) is 5.60 Å². The third kappa shape index (κ3) is 8.36. The van der Waals surface area contributed by atoms with E-state index in [1.54, 1.807) is 11.0 Å². The Hall–Kier alpha value is -2.69. The first kappa shape index (κ1) is 23.6. The second-order valence-corrected chi connectivity index (χ2v) is 7.74. The van der Waals surface area contributed by atoms with Gasteiger partial charge in [-0.15, -0.1) is 13.2 Å². The second kappa shape index (κ2) is 9.88. The third-order valence-corrected chi connectivity index (χ3v) is 4.10. The fourth-order valence-corrected chi connectivity index (χ4v) is 2.75. The molecule has 0 spiro atoms. The number of hydrogen-bond acceptors (Lipinski definition) is 5. The smallest absolute Gasteiger partial charge is 0.444 e. The molecule has 0 atom stereocenters. The number of aliphatic imine (C=N–C) groups is 1. The minimum absolute atomic E-state index is 0.0133. The molecule has 1 fully saturated rings. The summed E-state index contributed by atoms with van der Waals surface area (Å²) in [4.78, 5) is 20.0. The summed E-state index contributed by atoms with van der Waals surface area (Å²) in [5, 5.41) is 2.63. The highest BCUT2D eigenvalue weighted by Gasteiger charge is 2.32. The number of nitrogens with zero attached hydrogens (tertiary/aromatic N) is 3. The highest BCUT2D eigenvalue weighted by Crippen LogP contribution is 2.29. The van der Waals surface area contributed by atoms with Crippen molar-refractivity contribution in [3.05, 3.63) is 24.3 Å². The highest BCUT2D eigenvalue weighted by molar-refractivity contribution is 5.93. The van der Waals surface area contributed by atoms with Crippen molar-refractivity contribution >= 4 is 17.7 Å². The van der Waals surface area contributed by atoms with Crippen LogP contribution in [0.25, 0.3) is 0 Å². The lowest BCUT2D eigenvalue weighted by Gasteiger charge is -2.35. The number of nitrogens with one attached hydrogen (secondary N) is 1. The van der Waals surface area contributed by atoms with Crippen LogP contribution in [0, 0.1) is 0 Å². The highest BCUT2D eigenvalue weighted by atomic mass is 19.4. The van der Waals surface area contributed by atoms with Crippen LogP contribution < -0.4 is 15.8 Å². The summed E-state index contributed by atoms with van der Waals surface area (Å²) in [6.07, 6.45) is -5.13. The molecule has 11 heteroatoms. The Morgan fingerprint density at radius 1 is 1.17 bits per heavy atom. The first-order chi connectivity index (χ1) is 13.9. The summed E-state index contributed by atoms with van der Waals surface area (Å²) in [5.41, 5.74) is 5.33. The van der Waals surface area contributed by atoms with Gasteiger partial charge in [0.15, 0.2) is 11.7 Å². The average molecular weight is 431 g/mol. The van der Waals surface area contributed by atoms with Crippen molar-refractivity contribution in [3.8, 4) is 5.75 Å². The zero-order valence-electron chi connectivity index (χ0n) is 17.3. The molecule has 0 aliphatic carbocycles. The number of ether oxygens (including phenoxy) is 2. The number of anilines is 1. The number of piperazine rings is 1. The molecule has 0 bridgehead atoms. The first-order valence-electron chi connectivity index (χ1n) is 9.55. The summed E-state index contributed by atoms with van der Waals surface area (Å²) >= 11 is 0. The molecule has 3 N–H and O–H groups in total. The van der Waals surface area contributed by atoms with Crippen LogP contribution in [0.15, 0.2) is 29.3 Å². The van der Waals surface area contributed by atoms with Gasteiger partial charge >= 0.3 is 12.5 Å². The number of para-hydroxylation sites is 2. The molecule has 0 radical (unpaired) electrons. The monoisotopic (exact) mass is 431 g/mol. The molecule has 168 valence electrons. The summed E-state index contributed by atoms with van der Waals surface area (Å²) < 4.78 is 46.8. The van der Waals surface area contributed by atoms with Crippen molar-refractivity contribution in [2.75, 3.05) is 44.6 Å². The molecule has 1 heterocycles. The normalized spacial score (nSPS) is 16.3. The fourth-order valence-electron chi connectivity index (χ4n) is 2.75. The number of carbonyl (C=O) groups excluding carboxylic acids is 1. The molecule has 1 aliphatic rings. The number of rotatable bonds is 5. The van der Waals surface area contributed by atoms with Crippen LogP contribution >= 0.6 is 0 Å². The van der Waals surface area contributed by atoms with E-state index in [1.165, 1.54) is 18.2 Å². The lowest BCUT2D eigenvalue weighted by Crippen LogP contribution is -2.50. The Morgan fingerprint density at radius 2 is 1.80 bits per heavy atom. The molecule has 0 saturated carbocycles. The number of amides is 1. The largest absolute Gasteiger partial charge is 0.573 e. The molecular weight excluding hydrogens is 403 g/mol. The maximum Gasteiger partial charge on any atom is 0.573 e. The van der Waals surface area contributed by atoms with E-state index in [2.05, 4.69) is 19.9 Å². The molecular formula is C19H28F3N5O3. The Bertz CT molecular complexity index is 742. The van der Waals surface area contributed by atoms with Crippen molar-refractivity contribution in [1.29, 1.82) is 0 Å². The van der Waals surface area contributed by atoms with E-state index in [0.29, 0.717) is 39.3 Å². The maximum atomic E-state index is 12.5. The van der Waals surface area contributed by atoms with E-state index in [-0.39, 0.29) is 23.5 Å². The van der Waals surface area contributed by atoms with Gasteiger partial charge in [-0.1, -0.05) is 12.1 Å². The molecule has 1 saturated heterocycles. The molecule has 1 aromatic rings. The van der Waals surface area contributed by atoms with Gasteiger partial charge in [0.2, 0.25) is 0 Å². The number of carbonyl (C=O) groups is 1. The molecule has 1 aliphatic heterocycles. The van der Waals surface area contributed by atoms with Gasteiger partial charge in [0.25, 0.3) is 0 Å². The Balaban J connectivity index is 1.78. The third-order valence-electron chi connectivity index (χ3n) is 4.10. The van der Waals surface area contributed by atoms with Gasteiger partial charge < -0.3 is 25.4 Å². The van der Waals surface area contributed by atoms with Gasteiger partial charge in [0.05, 0.1) is 12.2 Å². The first-order valence-corrected chi connectivity index (χ1v) is 9.55. The topological polar surface area (TPSA) is 92.4 Å². The maximum absolute atomic E-state index is 12.5. The van der Waals surface area contributed by atoms with Gasteiger partial charge in [-0.25, -0.2) is 4.79 Å². The zero-order chi connectivity index (χ0) is 22.4. The van der Waals surface area contributed by atoms with Crippen LogP contribution in [0.3, 0.4) is 0 Å². The molecule has 0 aromatic heterocycles. The number of nitrogens with two attached hydrogens (primary N) is 1. The lowest BCUT2D eigenvalue weighted by molar-refractivity contribution is -0.274. The lowest BCUT2D eigenvalue weighted by atomic mass is 10.2. The number of guanidine groups is 1. The van der Waals surface area contributed by atoms with Crippen molar-refractivity contribution in [1.82, 2.24) is 9.80 Å². The quantitative estimate of drug-likeness (QED) is 0.550. The molecule has 1 aromatic carbocycles. The van der Waals surface area contributed by atoms with E-state index in [4.69, 9.17) is 10.5 Å². The van der Waals surface area contributed by atoms with Crippen molar-refractivity contribution < 1.29 is 27.4 Å². The van der Waals surface area contributed by atoms with E-state index in [9.17, 15) is 18.0 Å². The van der Waals surface area contributed by atoms with E-state index < -0.39 is 12.0 Å². The number of halogens is 3. The van der Waals surface area contributed by atoms with Crippen LogP contribution in [-0.2, 0) is 4.74 Å².